The molecule has 1 atom stereocenters. The standard InChI is InChI=1S/C19H14F4N4O3/c20-14-8-11(16-25-18(30-26-16)19(21,22)23)3-4-15(14)29-13-5-7-27(10-13)17(28)12-2-1-6-24-9-12/h1-4,6,8-9,13H,5,7,10H2/t13-/m1/s1. The van der Waals surface area contributed by atoms with E-state index in [1.54, 1.807) is 23.2 Å². The third kappa shape index (κ3) is 4.09. The van der Waals surface area contributed by atoms with E-state index in [0.717, 1.165) is 6.07 Å². The van der Waals surface area contributed by atoms with Crippen LogP contribution in [0.1, 0.15) is 22.7 Å². The third-order valence-corrected chi connectivity index (χ3v) is 4.49. The van der Waals surface area contributed by atoms with Crippen molar-refractivity contribution in [3.8, 4) is 17.1 Å². The van der Waals surface area contributed by atoms with Crippen molar-refractivity contribution in [1.82, 2.24) is 20.0 Å². The van der Waals surface area contributed by atoms with Gasteiger partial charge in [0.2, 0.25) is 5.82 Å². The van der Waals surface area contributed by atoms with Crippen LogP contribution < -0.4 is 4.74 Å². The number of alkyl halides is 3. The molecule has 0 unspecified atom stereocenters. The molecule has 0 saturated carbocycles. The van der Waals surface area contributed by atoms with Crippen LogP contribution in [0.15, 0.2) is 47.2 Å². The minimum absolute atomic E-state index is 0.0129. The maximum Gasteiger partial charge on any atom is 0.471 e. The molecular weight excluding hydrogens is 408 g/mol. The molecule has 7 nitrogen and oxygen atoms in total. The largest absolute Gasteiger partial charge is 0.485 e. The molecule has 1 aromatic carbocycles. The van der Waals surface area contributed by atoms with Gasteiger partial charge < -0.3 is 14.2 Å². The topological polar surface area (TPSA) is 81.4 Å². The summed E-state index contributed by atoms with van der Waals surface area (Å²) in [5.74, 6) is -2.96. The SMILES string of the molecule is O=C(c1cccnc1)N1CC[C@@H](Oc2ccc(-c3noc(C(F)(F)F)n3)cc2F)C1. The zero-order chi connectivity index (χ0) is 21.3. The predicted molar refractivity (Wildman–Crippen MR) is 93.9 cm³/mol. The molecule has 11 heteroatoms. The van der Waals surface area contributed by atoms with Gasteiger partial charge in [-0.15, -0.1) is 0 Å². The van der Waals surface area contributed by atoms with Gasteiger partial charge >= 0.3 is 12.1 Å². The fourth-order valence-electron chi connectivity index (χ4n) is 3.05. The van der Waals surface area contributed by atoms with E-state index in [-0.39, 0.29) is 29.6 Å². The minimum Gasteiger partial charge on any atom is -0.485 e. The van der Waals surface area contributed by atoms with Crippen molar-refractivity contribution in [3.63, 3.8) is 0 Å². The Morgan fingerprint density at radius 1 is 1.27 bits per heavy atom. The molecular formula is C19H14F4N4O3. The molecule has 3 aromatic rings. The van der Waals surface area contributed by atoms with Crippen LogP contribution in [0.3, 0.4) is 0 Å². The molecule has 4 rings (SSSR count). The molecule has 1 aliphatic heterocycles. The zero-order valence-corrected chi connectivity index (χ0v) is 15.3. The third-order valence-electron chi connectivity index (χ3n) is 4.49. The van der Waals surface area contributed by atoms with E-state index in [0.29, 0.717) is 18.5 Å². The van der Waals surface area contributed by atoms with Crippen LogP contribution in [0.4, 0.5) is 17.6 Å². The molecule has 1 aliphatic rings. The van der Waals surface area contributed by atoms with Gasteiger partial charge in [-0.1, -0.05) is 5.16 Å². The zero-order valence-electron chi connectivity index (χ0n) is 15.3. The molecule has 156 valence electrons. The summed E-state index contributed by atoms with van der Waals surface area (Å²) < 4.78 is 61.9. The van der Waals surface area contributed by atoms with E-state index in [9.17, 15) is 22.4 Å². The number of hydrogen-bond donors (Lipinski definition) is 0. The summed E-state index contributed by atoms with van der Waals surface area (Å²) in [4.78, 5) is 21.2. The molecule has 0 aliphatic carbocycles. The average Bonchev–Trinajstić information content (AvgIpc) is 3.39. The Bertz CT molecular complexity index is 1060. The highest BCUT2D eigenvalue weighted by molar-refractivity contribution is 5.94. The number of benzene rings is 1. The Morgan fingerprint density at radius 3 is 2.77 bits per heavy atom. The highest BCUT2D eigenvalue weighted by atomic mass is 19.4. The van der Waals surface area contributed by atoms with Crippen molar-refractivity contribution in [2.45, 2.75) is 18.7 Å². The van der Waals surface area contributed by atoms with Crippen molar-refractivity contribution in [2.75, 3.05) is 13.1 Å². The first-order valence-corrected chi connectivity index (χ1v) is 8.88. The van der Waals surface area contributed by atoms with Gasteiger partial charge in [0.15, 0.2) is 11.6 Å². The summed E-state index contributed by atoms with van der Waals surface area (Å²) in [5.41, 5.74) is 0.464. The molecule has 3 heterocycles. The number of aromatic nitrogens is 3. The van der Waals surface area contributed by atoms with Gasteiger partial charge in [0, 0.05) is 30.9 Å². The monoisotopic (exact) mass is 422 g/mol. The second kappa shape index (κ2) is 7.73. The van der Waals surface area contributed by atoms with E-state index in [1.807, 2.05) is 0 Å². The molecule has 1 saturated heterocycles. The Morgan fingerprint density at radius 2 is 2.10 bits per heavy atom. The van der Waals surface area contributed by atoms with E-state index >= 15 is 0 Å². The fraction of sp³-hybridized carbons (Fsp3) is 0.263. The lowest BCUT2D eigenvalue weighted by molar-refractivity contribution is -0.159. The first-order chi connectivity index (χ1) is 14.3. The van der Waals surface area contributed by atoms with Gasteiger partial charge in [-0.25, -0.2) is 4.39 Å². The van der Waals surface area contributed by atoms with Gasteiger partial charge in [-0.2, -0.15) is 18.2 Å². The van der Waals surface area contributed by atoms with Gasteiger partial charge in [0.1, 0.15) is 6.10 Å². The second-order valence-corrected chi connectivity index (χ2v) is 6.59. The Balaban J connectivity index is 1.42. The van der Waals surface area contributed by atoms with E-state index in [2.05, 4.69) is 19.6 Å². The van der Waals surface area contributed by atoms with Crippen LogP contribution in [0.25, 0.3) is 11.4 Å². The van der Waals surface area contributed by atoms with Crippen LogP contribution in [0.5, 0.6) is 5.75 Å². The van der Waals surface area contributed by atoms with E-state index in [1.165, 1.54) is 18.3 Å². The van der Waals surface area contributed by atoms with Crippen LogP contribution >= 0.6 is 0 Å². The second-order valence-electron chi connectivity index (χ2n) is 6.59. The van der Waals surface area contributed by atoms with Crippen LogP contribution in [0, 0.1) is 5.82 Å². The number of halogens is 4. The van der Waals surface area contributed by atoms with Gasteiger partial charge in [0.25, 0.3) is 5.91 Å². The van der Waals surface area contributed by atoms with Crippen molar-refractivity contribution in [1.29, 1.82) is 0 Å². The normalized spacial score (nSPS) is 16.7. The number of rotatable bonds is 4. The number of pyridine rings is 1. The van der Waals surface area contributed by atoms with E-state index < -0.39 is 24.0 Å². The summed E-state index contributed by atoms with van der Waals surface area (Å²) in [6, 6.07) is 6.89. The Hall–Kier alpha value is -3.50. The maximum atomic E-state index is 14.4. The molecule has 30 heavy (non-hydrogen) atoms. The van der Waals surface area contributed by atoms with Crippen LogP contribution in [0.2, 0.25) is 0 Å². The van der Waals surface area contributed by atoms with Crippen LogP contribution in [-0.4, -0.2) is 45.1 Å². The fourth-order valence-corrected chi connectivity index (χ4v) is 3.05. The first kappa shape index (κ1) is 19.8. The highest BCUT2D eigenvalue weighted by Gasteiger charge is 2.38. The summed E-state index contributed by atoms with van der Waals surface area (Å²) in [5, 5.41) is 3.22. The summed E-state index contributed by atoms with van der Waals surface area (Å²) >= 11 is 0. The van der Waals surface area contributed by atoms with Gasteiger partial charge in [-0.3, -0.25) is 9.78 Å². The molecule has 0 bridgehead atoms. The first-order valence-electron chi connectivity index (χ1n) is 8.88. The number of carbonyl (C=O) groups is 1. The number of nitrogens with zero attached hydrogens (tertiary/aromatic N) is 4. The number of hydrogen-bond acceptors (Lipinski definition) is 6. The summed E-state index contributed by atoms with van der Waals surface area (Å²) in [6.45, 7) is 0.718. The van der Waals surface area contributed by atoms with Crippen molar-refractivity contribution >= 4 is 5.91 Å². The average molecular weight is 422 g/mol. The van der Waals surface area contributed by atoms with Crippen molar-refractivity contribution in [2.24, 2.45) is 0 Å². The quantitative estimate of drug-likeness (QED) is 0.598. The molecule has 2 aromatic heterocycles. The van der Waals surface area contributed by atoms with Crippen molar-refractivity contribution in [3.05, 3.63) is 60.0 Å². The van der Waals surface area contributed by atoms with Gasteiger partial charge in [0.05, 0.1) is 12.1 Å². The molecule has 0 spiro atoms. The smallest absolute Gasteiger partial charge is 0.471 e. The number of carbonyl (C=O) groups excluding carboxylic acids is 1. The molecule has 1 fully saturated rings. The predicted octanol–water partition coefficient (Wildman–Crippen LogP) is 3.58. The molecule has 0 radical (unpaired) electrons. The Labute approximate surface area is 167 Å². The summed E-state index contributed by atoms with van der Waals surface area (Å²) in [6.07, 6.45) is -1.66. The summed E-state index contributed by atoms with van der Waals surface area (Å²) in [7, 11) is 0. The van der Waals surface area contributed by atoms with E-state index in [4.69, 9.17) is 4.74 Å². The Kier molecular flexibility index (Phi) is 5.10. The minimum atomic E-state index is -4.78. The number of amides is 1. The lowest BCUT2D eigenvalue weighted by Gasteiger charge is -2.17. The lowest BCUT2D eigenvalue weighted by atomic mass is 10.2. The lowest BCUT2D eigenvalue weighted by Crippen LogP contribution is -2.31. The molecule has 0 N–H and O–H groups in total. The number of ether oxygens (including phenoxy) is 1. The van der Waals surface area contributed by atoms with Gasteiger partial charge in [-0.05, 0) is 30.3 Å². The van der Waals surface area contributed by atoms with Crippen LogP contribution in [-0.2, 0) is 6.18 Å². The highest BCUT2D eigenvalue weighted by Crippen LogP contribution is 2.31. The van der Waals surface area contributed by atoms with Crippen molar-refractivity contribution < 1.29 is 31.6 Å². The molecule has 1 amide bonds. The maximum absolute atomic E-state index is 14.4. The number of likely N-dealkylation sites (tertiary alicyclic amines) is 1.